The maximum absolute atomic E-state index is 12.5. The third-order valence-electron chi connectivity index (χ3n) is 5.27. The molecule has 21 heavy (non-hydrogen) atoms. The van der Waals surface area contributed by atoms with Gasteiger partial charge in [0.1, 0.15) is 12.1 Å². The first-order valence-corrected chi connectivity index (χ1v) is 8.64. The van der Waals surface area contributed by atoms with Crippen LogP contribution in [-0.4, -0.2) is 49.2 Å². The van der Waals surface area contributed by atoms with Crippen molar-refractivity contribution in [1.82, 2.24) is 10.2 Å². The van der Waals surface area contributed by atoms with Gasteiger partial charge in [-0.3, -0.25) is 9.69 Å². The molecule has 2 fully saturated rings. The van der Waals surface area contributed by atoms with E-state index in [1.807, 2.05) is 6.92 Å². The fourth-order valence-corrected chi connectivity index (χ4v) is 3.72. The van der Waals surface area contributed by atoms with Crippen molar-refractivity contribution in [2.24, 2.45) is 17.8 Å². The number of hydrogen-bond donors (Lipinski definition) is 1. The molecule has 0 amide bonds. The topological polar surface area (TPSA) is 41.6 Å². The van der Waals surface area contributed by atoms with E-state index in [1.165, 1.54) is 12.8 Å². The highest BCUT2D eigenvalue weighted by Crippen LogP contribution is 2.35. The monoisotopic (exact) mass is 296 g/mol. The average Bonchev–Trinajstić information content (AvgIpc) is 2.47. The number of esters is 1. The van der Waals surface area contributed by atoms with E-state index in [0.717, 1.165) is 32.6 Å². The number of nitrogens with one attached hydrogen (secondary N) is 1. The van der Waals surface area contributed by atoms with Gasteiger partial charge in [-0.15, -0.1) is 0 Å². The zero-order valence-electron chi connectivity index (χ0n) is 14.1. The predicted molar refractivity (Wildman–Crippen MR) is 85.1 cm³/mol. The Kier molecular flexibility index (Phi) is 6.06. The van der Waals surface area contributed by atoms with Crippen molar-refractivity contribution in [1.29, 1.82) is 0 Å². The van der Waals surface area contributed by atoms with Gasteiger partial charge in [-0.25, -0.2) is 0 Å². The van der Waals surface area contributed by atoms with Crippen LogP contribution in [0.5, 0.6) is 0 Å². The molecule has 1 heterocycles. The Morgan fingerprint density at radius 2 is 1.86 bits per heavy atom. The molecule has 1 N–H and O–H groups in total. The SMILES string of the molecule is CC1CCC(C(C)C)C(OC(=O)C(C)N2CCNCC2)C1. The van der Waals surface area contributed by atoms with E-state index in [4.69, 9.17) is 4.74 Å². The van der Waals surface area contributed by atoms with Crippen LogP contribution < -0.4 is 5.32 Å². The van der Waals surface area contributed by atoms with Crippen molar-refractivity contribution in [3.63, 3.8) is 0 Å². The van der Waals surface area contributed by atoms with Crippen LogP contribution in [0.1, 0.15) is 47.0 Å². The minimum atomic E-state index is -0.114. The molecule has 2 aliphatic rings. The molecule has 4 unspecified atom stereocenters. The van der Waals surface area contributed by atoms with Crippen molar-refractivity contribution >= 4 is 5.97 Å². The number of carbonyl (C=O) groups excluding carboxylic acids is 1. The molecule has 1 aliphatic carbocycles. The fourth-order valence-electron chi connectivity index (χ4n) is 3.72. The maximum Gasteiger partial charge on any atom is 0.323 e. The molecule has 1 aliphatic heterocycles. The second-order valence-electron chi connectivity index (χ2n) is 7.26. The van der Waals surface area contributed by atoms with E-state index < -0.39 is 0 Å². The molecule has 4 atom stereocenters. The number of piperazine rings is 1. The van der Waals surface area contributed by atoms with Gasteiger partial charge in [-0.2, -0.15) is 0 Å². The van der Waals surface area contributed by atoms with E-state index in [1.54, 1.807) is 0 Å². The first-order chi connectivity index (χ1) is 9.99. The Labute approximate surface area is 129 Å². The van der Waals surface area contributed by atoms with Crippen molar-refractivity contribution in [2.75, 3.05) is 26.2 Å². The van der Waals surface area contributed by atoms with Crippen LogP contribution in [0.25, 0.3) is 0 Å². The summed E-state index contributed by atoms with van der Waals surface area (Å²) >= 11 is 0. The highest BCUT2D eigenvalue weighted by molar-refractivity contribution is 5.75. The van der Waals surface area contributed by atoms with Gasteiger partial charge in [-0.1, -0.05) is 27.2 Å². The third-order valence-corrected chi connectivity index (χ3v) is 5.27. The molecule has 0 spiro atoms. The Balaban J connectivity index is 1.92. The van der Waals surface area contributed by atoms with Crippen molar-refractivity contribution in [3.8, 4) is 0 Å². The first kappa shape index (κ1) is 16.8. The van der Waals surface area contributed by atoms with Gasteiger partial charge in [0.2, 0.25) is 0 Å². The minimum Gasteiger partial charge on any atom is -0.461 e. The molecular weight excluding hydrogens is 264 g/mol. The van der Waals surface area contributed by atoms with Crippen molar-refractivity contribution in [3.05, 3.63) is 0 Å². The second-order valence-corrected chi connectivity index (χ2v) is 7.26. The van der Waals surface area contributed by atoms with Crippen LogP contribution >= 0.6 is 0 Å². The molecular formula is C17H32N2O2. The molecule has 1 saturated carbocycles. The molecule has 0 aromatic rings. The van der Waals surface area contributed by atoms with Gasteiger partial charge in [0.25, 0.3) is 0 Å². The van der Waals surface area contributed by atoms with Crippen LogP contribution in [0.4, 0.5) is 0 Å². The van der Waals surface area contributed by atoms with Gasteiger partial charge in [-0.05, 0) is 37.5 Å². The van der Waals surface area contributed by atoms with Crippen LogP contribution in [0.2, 0.25) is 0 Å². The lowest BCUT2D eigenvalue weighted by Crippen LogP contribution is -2.51. The molecule has 0 bridgehead atoms. The lowest BCUT2D eigenvalue weighted by Gasteiger charge is -2.38. The van der Waals surface area contributed by atoms with Crippen molar-refractivity contribution in [2.45, 2.75) is 59.1 Å². The minimum absolute atomic E-state index is 0.0262. The number of rotatable bonds is 4. The Hall–Kier alpha value is -0.610. The summed E-state index contributed by atoms with van der Waals surface area (Å²) in [7, 11) is 0. The number of ether oxygens (including phenoxy) is 1. The normalized spacial score (nSPS) is 32.9. The number of carbonyl (C=O) groups is 1. The molecule has 0 radical (unpaired) electrons. The lowest BCUT2D eigenvalue weighted by atomic mass is 9.75. The third kappa shape index (κ3) is 4.43. The largest absolute Gasteiger partial charge is 0.461 e. The zero-order chi connectivity index (χ0) is 15.4. The van der Waals surface area contributed by atoms with Crippen LogP contribution in [-0.2, 0) is 9.53 Å². The fraction of sp³-hybridized carbons (Fsp3) is 0.941. The Bertz CT molecular complexity index is 340. The molecule has 1 saturated heterocycles. The quantitative estimate of drug-likeness (QED) is 0.808. The smallest absolute Gasteiger partial charge is 0.323 e. The summed E-state index contributed by atoms with van der Waals surface area (Å²) in [6.45, 7) is 12.6. The summed E-state index contributed by atoms with van der Waals surface area (Å²) < 4.78 is 5.95. The summed E-state index contributed by atoms with van der Waals surface area (Å²) in [5, 5.41) is 3.32. The van der Waals surface area contributed by atoms with E-state index in [0.29, 0.717) is 17.8 Å². The van der Waals surface area contributed by atoms with E-state index in [-0.39, 0.29) is 18.1 Å². The summed E-state index contributed by atoms with van der Waals surface area (Å²) in [4.78, 5) is 14.7. The first-order valence-electron chi connectivity index (χ1n) is 8.64. The summed E-state index contributed by atoms with van der Waals surface area (Å²) in [6.07, 6.45) is 3.61. The van der Waals surface area contributed by atoms with Gasteiger partial charge in [0.05, 0.1) is 0 Å². The van der Waals surface area contributed by atoms with Crippen molar-refractivity contribution < 1.29 is 9.53 Å². The average molecular weight is 296 g/mol. The number of hydrogen-bond acceptors (Lipinski definition) is 4. The molecule has 122 valence electrons. The number of nitrogens with zero attached hydrogens (tertiary/aromatic N) is 1. The molecule has 2 rings (SSSR count). The zero-order valence-corrected chi connectivity index (χ0v) is 14.1. The van der Waals surface area contributed by atoms with Gasteiger partial charge >= 0.3 is 5.97 Å². The summed E-state index contributed by atoms with van der Waals surface area (Å²) in [6, 6.07) is -0.114. The maximum atomic E-state index is 12.5. The highest BCUT2D eigenvalue weighted by Gasteiger charge is 2.35. The Morgan fingerprint density at radius 3 is 2.48 bits per heavy atom. The predicted octanol–water partition coefficient (Wildman–Crippen LogP) is 2.28. The van der Waals surface area contributed by atoms with Gasteiger partial charge in [0.15, 0.2) is 0 Å². The Morgan fingerprint density at radius 1 is 1.19 bits per heavy atom. The molecule has 0 aromatic heterocycles. The standard InChI is InChI=1S/C17H32N2O2/c1-12(2)15-6-5-13(3)11-16(15)21-17(20)14(4)19-9-7-18-8-10-19/h12-16,18H,5-11H2,1-4H3. The van der Waals surface area contributed by atoms with E-state index in [2.05, 4.69) is 31.0 Å². The summed E-state index contributed by atoms with van der Waals surface area (Å²) in [5.74, 6) is 1.76. The second kappa shape index (κ2) is 7.59. The van der Waals surface area contributed by atoms with Gasteiger partial charge in [0, 0.05) is 26.2 Å². The van der Waals surface area contributed by atoms with Crippen LogP contribution in [0, 0.1) is 17.8 Å². The van der Waals surface area contributed by atoms with Crippen LogP contribution in [0.15, 0.2) is 0 Å². The van der Waals surface area contributed by atoms with E-state index in [9.17, 15) is 4.79 Å². The molecule has 0 aromatic carbocycles. The summed E-state index contributed by atoms with van der Waals surface area (Å²) in [5.41, 5.74) is 0. The molecule has 4 nitrogen and oxygen atoms in total. The van der Waals surface area contributed by atoms with E-state index >= 15 is 0 Å². The lowest BCUT2D eigenvalue weighted by molar-refractivity contribution is -0.162. The van der Waals surface area contributed by atoms with Gasteiger partial charge < -0.3 is 10.1 Å². The van der Waals surface area contributed by atoms with Crippen LogP contribution in [0.3, 0.4) is 0 Å². The molecule has 4 heteroatoms. The highest BCUT2D eigenvalue weighted by atomic mass is 16.5.